The first-order chi connectivity index (χ1) is 9.37. The number of nitrogens with zero attached hydrogens (tertiary/aromatic N) is 1. The molecule has 20 heavy (non-hydrogen) atoms. The molecule has 0 radical (unpaired) electrons. The largest absolute Gasteiger partial charge is 0.388 e. The molecule has 1 heterocycles. The summed E-state index contributed by atoms with van der Waals surface area (Å²) >= 11 is 1.82. The van der Waals surface area contributed by atoms with Gasteiger partial charge in [0.15, 0.2) is 0 Å². The van der Waals surface area contributed by atoms with Gasteiger partial charge in [-0.3, -0.25) is 0 Å². The summed E-state index contributed by atoms with van der Waals surface area (Å²) in [5.41, 5.74) is 2.54. The van der Waals surface area contributed by atoms with E-state index in [9.17, 15) is 8.42 Å². The minimum atomic E-state index is -3.42. The number of sulfonamides is 1. The molecule has 1 saturated heterocycles. The van der Waals surface area contributed by atoms with Crippen LogP contribution in [0.4, 0.5) is 5.69 Å². The zero-order chi connectivity index (χ0) is 14.9. The molecule has 0 aromatic heterocycles. The second-order valence-corrected chi connectivity index (χ2v) is 8.31. The van der Waals surface area contributed by atoms with Crippen molar-refractivity contribution in [2.24, 2.45) is 0 Å². The number of rotatable bonds is 4. The van der Waals surface area contributed by atoms with E-state index in [0.717, 1.165) is 34.7 Å². The summed E-state index contributed by atoms with van der Waals surface area (Å²) < 4.78 is 27.3. The summed E-state index contributed by atoms with van der Waals surface area (Å²) in [6.07, 6.45) is 0.938. The Kier molecular flexibility index (Phi) is 4.66. The van der Waals surface area contributed by atoms with Gasteiger partial charge >= 0.3 is 0 Å². The Balaban J connectivity index is 2.43. The fourth-order valence-corrected chi connectivity index (χ4v) is 5.80. The maximum atomic E-state index is 12.9. The molecule has 1 unspecified atom stereocenters. The SMILES string of the molecule is CNc1cc(C)c(S(=O)(=O)N(C)C2CCSC2)c(C)c1. The van der Waals surface area contributed by atoms with Gasteiger partial charge in [0.05, 0.1) is 4.90 Å². The van der Waals surface area contributed by atoms with Crippen molar-refractivity contribution < 1.29 is 8.42 Å². The lowest BCUT2D eigenvalue weighted by Crippen LogP contribution is -2.37. The molecular weight excluding hydrogens is 292 g/mol. The van der Waals surface area contributed by atoms with E-state index in [1.807, 2.05) is 44.8 Å². The van der Waals surface area contributed by atoms with Crippen molar-refractivity contribution in [2.45, 2.75) is 31.2 Å². The van der Waals surface area contributed by atoms with Gasteiger partial charge in [-0.15, -0.1) is 0 Å². The Bertz CT molecular complexity index is 570. The predicted octanol–water partition coefficient (Wildman–Crippen LogP) is 2.47. The smallest absolute Gasteiger partial charge is 0.243 e. The fourth-order valence-electron chi connectivity index (χ4n) is 2.65. The Labute approximate surface area is 126 Å². The van der Waals surface area contributed by atoms with E-state index in [2.05, 4.69) is 5.32 Å². The first-order valence-corrected chi connectivity index (χ1v) is 9.32. The molecule has 1 aliphatic heterocycles. The Morgan fingerprint density at radius 2 is 1.90 bits per heavy atom. The average molecular weight is 314 g/mol. The molecule has 1 atom stereocenters. The summed E-state index contributed by atoms with van der Waals surface area (Å²) in [7, 11) is 0.126. The first-order valence-electron chi connectivity index (χ1n) is 6.72. The highest BCUT2D eigenvalue weighted by Crippen LogP contribution is 2.30. The minimum absolute atomic E-state index is 0.118. The maximum absolute atomic E-state index is 12.9. The van der Waals surface area contributed by atoms with E-state index in [4.69, 9.17) is 0 Å². The normalized spacial score (nSPS) is 19.6. The van der Waals surface area contributed by atoms with Gasteiger partial charge in [0.1, 0.15) is 0 Å². The third kappa shape index (κ3) is 2.82. The van der Waals surface area contributed by atoms with Crippen molar-refractivity contribution in [1.82, 2.24) is 4.31 Å². The Morgan fingerprint density at radius 3 is 2.35 bits per heavy atom. The molecule has 0 spiro atoms. The lowest BCUT2D eigenvalue weighted by Gasteiger charge is -2.25. The number of thioether (sulfide) groups is 1. The van der Waals surface area contributed by atoms with E-state index >= 15 is 0 Å². The van der Waals surface area contributed by atoms with Crippen LogP contribution in [0.3, 0.4) is 0 Å². The Hall–Kier alpha value is -0.720. The zero-order valence-electron chi connectivity index (χ0n) is 12.4. The number of nitrogens with one attached hydrogen (secondary N) is 1. The van der Waals surface area contributed by atoms with Crippen molar-refractivity contribution in [3.8, 4) is 0 Å². The standard InChI is InChI=1S/C14H22N2O2S2/c1-10-7-12(15-3)8-11(2)14(10)20(17,18)16(4)13-5-6-19-9-13/h7-8,13,15H,5-6,9H2,1-4H3. The van der Waals surface area contributed by atoms with Crippen LogP contribution in [0.25, 0.3) is 0 Å². The molecule has 0 saturated carbocycles. The zero-order valence-corrected chi connectivity index (χ0v) is 14.1. The van der Waals surface area contributed by atoms with Gasteiger partial charge < -0.3 is 5.32 Å². The lowest BCUT2D eigenvalue weighted by molar-refractivity contribution is 0.394. The van der Waals surface area contributed by atoms with Gasteiger partial charge in [0.2, 0.25) is 10.0 Å². The van der Waals surface area contributed by atoms with Crippen LogP contribution in [0.15, 0.2) is 17.0 Å². The van der Waals surface area contributed by atoms with Gasteiger partial charge in [-0.1, -0.05) is 0 Å². The number of hydrogen-bond acceptors (Lipinski definition) is 4. The molecule has 1 N–H and O–H groups in total. The molecule has 6 heteroatoms. The third-order valence-electron chi connectivity index (χ3n) is 3.81. The van der Waals surface area contributed by atoms with E-state index < -0.39 is 10.0 Å². The van der Waals surface area contributed by atoms with Crippen LogP contribution in [0, 0.1) is 13.8 Å². The number of anilines is 1. The lowest BCUT2D eigenvalue weighted by atomic mass is 10.1. The van der Waals surface area contributed by atoms with Gasteiger partial charge in [-0.25, -0.2) is 8.42 Å². The number of hydrogen-bond donors (Lipinski definition) is 1. The number of benzene rings is 1. The molecule has 4 nitrogen and oxygen atoms in total. The van der Waals surface area contributed by atoms with Gasteiger partial charge in [-0.2, -0.15) is 16.1 Å². The van der Waals surface area contributed by atoms with Crippen molar-refractivity contribution >= 4 is 27.5 Å². The average Bonchev–Trinajstić information content (AvgIpc) is 2.90. The monoisotopic (exact) mass is 314 g/mol. The molecule has 1 aromatic carbocycles. The number of aryl methyl sites for hydroxylation is 2. The molecule has 112 valence electrons. The van der Waals surface area contributed by atoms with Crippen molar-refractivity contribution in [3.05, 3.63) is 23.3 Å². The quantitative estimate of drug-likeness (QED) is 0.927. The summed E-state index contributed by atoms with van der Waals surface area (Å²) in [6, 6.07) is 3.89. The highest BCUT2D eigenvalue weighted by Gasteiger charge is 2.32. The van der Waals surface area contributed by atoms with Gasteiger partial charge in [0, 0.05) is 31.6 Å². The van der Waals surface area contributed by atoms with Crippen LogP contribution in [-0.2, 0) is 10.0 Å². The molecule has 1 aliphatic rings. The van der Waals surface area contributed by atoms with Crippen molar-refractivity contribution in [3.63, 3.8) is 0 Å². The van der Waals surface area contributed by atoms with Crippen LogP contribution in [0.5, 0.6) is 0 Å². The van der Waals surface area contributed by atoms with Crippen LogP contribution in [-0.4, -0.2) is 44.4 Å². The topological polar surface area (TPSA) is 49.4 Å². The predicted molar refractivity (Wildman–Crippen MR) is 86.1 cm³/mol. The molecule has 0 aliphatic carbocycles. The van der Waals surface area contributed by atoms with E-state index in [1.165, 1.54) is 0 Å². The summed E-state index contributed by atoms with van der Waals surface area (Å²) in [5, 5.41) is 3.06. The molecule has 0 bridgehead atoms. The van der Waals surface area contributed by atoms with Crippen molar-refractivity contribution in [2.75, 3.05) is 30.9 Å². The van der Waals surface area contributed by atoms with Gasteiger partial charge in [0.25, 0.3) is 0 Å². The summed E-state index contributed by atoms with van der Waals surface area (Å²) in [4.78, 5) is 0.455. The van der Waals surface area contributed by atoms with Crippen LogP contribution >= 0.6 is 11.8 Å². The second kappa shape index (κ2) is 5.95. The fraction of sp³-hybridized carbons (Fsp3) is 0.571. The van der Waals surface area contributed by atoms with Crippen LogP contribution in [0.2, 0.25) is 0 Å². The highest BCUT2D eigenvalue weighted by atomic mass is 32.2. The summed E-state index contributed by atoms with van der Waals surface area (Å²) in [5.74, 6) is 1.93. The van der Waals surface area contributed by atoms with Gasteiger partial charge in [-0.05, 0) is 49.3 Å². The van der Waals surface area contributed by atoms with Crippen molar-refractivity contribution in [1.29, 1.82) is 0 Å². The maximum Gasteiger partial charge on any atom is 0.243 e. The van der Waals surface area contributed by atoms with E-state index in [1.54, 1.807) is 11.4 Å². The second-order valence-electron chi connectivity index (χ2n) is 5.23. The van der Waals surface area contributed by atoms with E-state index in [0.29, 0.717) is 4.90 Å². The first kappa shape index (κ1) is 15.7. The Morgan fingerprint density at radius 1 is 1.30 bits per heavy atom. The molecular formula is C14H22N2O2S2. The highest BCUT2D eigenvalue weighted by molar-refractivity contribution is 7.99. The molecule has 1 aromatic rings. The minimum Gasteiger partial charge on any atom is -0.388 e. The van der Waals surface area contributed by atoms with E-state index in [-0.39, 0.29) is 6.04 Å². The third-order valence-corrected chi connectivity index (χ3v) is 7.17. The van der Waals surface area contributed by atoms with Crippen LogP contribution in [0.1, 0.15) is 17.5 Å². The molecule has 1 fully saturated rings. The summed E-state index contributed by atoms with van der Waals surface area (Å²) in [6.45, 7) is 3.72. The molecule has 0 amide bonds. The molecule has 2 rings (SSSR count). The van der Waals surface area contributed by atoms with Crippen LogP contribution < -0.4 is 5.32 Å².